The molecule has 1 aliphatic rings. The molecule has 32 heavy (non-hydrogen) atoms. The Morgan fingerprint density at radius 2 is 2.06 bits per heavy atom. The SMILES string of the molecule is CCNC(=NCCCCNc1ccccn1)NC1CCN(c2ccccc2OC(F)F)C1. The minimum Gasteiger partial charge on any atom is -0.433 e. The number of rotatable bonds is 11. The Morgan fingerprint density at radius 3 is 2.84 bits per heavy atom. The molecule has 0 spiro atoms. The summed E-state index contributed by atoms with van der Waals surface area (Å²) in [5.41, 5.74) is 0.694. The van der Waals surface area contributed by atoms with Crippen molar-refractivity contribution >= 4 is 17.5 Å². The maximum absolute atomic E-state index is 12.7. The zero-order chi connectivity index (χ0) is 22.6. The Balaban J connectivity index is 1.44. The molecule has 1 aromatic carbocycles. The third-order valence-corrected chi connectivity index (χ3v) is 5.12. The highest BCUT2D eigenvalue weighted by atomic mass is 19.3. The number of aromatic nitrogens is 1. The number of nitrogens with one attached hydrogen (secondary N) is 3. The van der Waals surface area contributed by atoms with Gasteiger partial charge in [0, 0.05) is 45.0 Å². The maximum Gasteiger partial charge on any atom is 0.387 e. The summed E-state index contributed by atoms with van der Waals surface area (Å²) in [7, 11) is 0. The van der Waals surface area contributed by atoms with Crippen molar-refractivity contribution in [3.63, 3.8) is 0 Å². The topological polar surface area (TPSA) is 73.8 Å². The van der Waals surface area contributed by atoms with Crippen LogP contribution in [-0.2, 0) is 0 Å². The van der Waals surface area contributed by atoms with Crippen molar-refractivity contribution in [3.05, 3.63) is 48.7 Å². The molecule has 7 nitrogen and oxygen atoms in total. The molecule has 0 bridgehead atoms. The van der Waals surface area contributed by atoms with E-state index in [4.69, 9.17) is 0 Å². The van der Waals surface area contributed by atoms with Crippen LogP contribution in [-0.4, -0.2) is 56.3 Å². The van der Waals surface area contributed by atoms with Crippen LogP contribution in [0.5, 0.6) is 5.75 Å². The molecule has 2 aromatic rings. The average molecular weight is 447 g/mol. The fraction of sp³-hybridized carbons (Fsp3) is 0.478. The van der Waals surface area contributed by atoms with E-state index in [2.05, 4.69) is 35.6 Å². The number of benzene rings is 1. The number of para-hydroxylation sites is 2. The van der Waals surface area contributed by atoms with E-state index in [0.717, 1.165) is 57.2 Å². The number of nitrogens with zero attached hydrogens (tertiary/aromatic N) is 3. The van der Waals surface area contributed by atoms with Gasteiger partial charge < -0.3 is 25.6 Å². The van der Waals surface area contributed by atoms with Gasteiger partial charge in [0.2, 0.25) is 0 Å². The van der Waals surface area contributed by atoms with E-state index in [1.54, 1.807) is 18.3 Å². The van der Waals surface area contributed by atoms with E-state index in [-0.39, 0.29) is 11.8 Å². The minimum atomic E-state index is -2.83. The number of unbranched alkanes of at least 4 members (excludes halogenated alkanes) is 1. The summed E-state index contributed by atoms with van der Waals surface area (Å²) in [5.74, 6) is 1.88. The van der Waals surface area contributed by atoms with Crippen molar-refractivity contribution in [1.29, 1.82) is 0 Å². The maximum atomic E-state index is 12.7. The van der Waals surface area contributed by atoms with Crippen LogP contribution in [0.25, 0.3) is 0 Å². The molecule has 1 aliphatic heterocycles. The summed E-state index contributed by atoms with van der Waals surface area (Å²) in [5, 5.41) is 10.1. The van der Waals surface area contributed by atoms with Crippen molar-refractivity contribution < 1.29 is 13.5 Å². The van der Waals surface area contributed by atoms with Crippen LogP contribution in [0, 0.1) is 0 Å². The molecule has 2 heterocycles. The number of alkyl halides is 2. The van der Waals surface area contributed by atoms with E-state index in [0.29, 0.717) is 12.2 Å². The van der Waals surface area contributed by atoms with Gasteiger partial charge in [-0.1, -0.05) is 18.2 Å². The number of ether oxygens (including phenoxy) is 1. The molecule has 1 atom stereocenters. The molecule has 3 N–H and O–H groups in total. The molecular weight excluding hydrogens is 414 g/mol. The van der Waals surface area contributed by atoms with Crippen molar-refractivity contribution in [2.75, 3.05) is 42.9 Å². The summed E-state index contributed by atoms with van der Waals surface area (Å²) in [6, 6.07) is 12.9. The average Bonchev–Trinajstić information content (AvgIpc) is 3.25. The molecule has 0 saturated carbocycles. The molecule has 0 radical (unpaired) electrons. The van der Waals surface area contributed by atoms with E-state index in [1.165, 1.54) is 0 Å². The lowest BCUT2D eigenvalue weighted by Gasteiger charge is -2.22. The zero-order valence-electron chi connectivity index (χ0n) is 18.4. The highest BCUT2D eigenvalue weighted by molar-refractivity contribution is 5.80. The quantitative estimate of drug-likeness (QED) is 0.278. The Bertz CT molecular complexity index is 836. The first-order valence-corrected chi connectivity index (χ1v) is 11.1. The van der Waals surface area contributed by atoms with Crippen molar-refractivity contribution in [1.82, 2.24) is 15.6 Å². The lowest BCUT2D eigenvalue weighted by atomic mass is 10.2. The Hall–Kier alpha value is -3.10. The third-order valence-electron chi connectivity index (χ3n) is 5.12. The first-order valence-electron chi connectivity index (χ1n) is 11.1. The van der Waals surface area contributed by atoms with Crippen molar-refractivity contribution in [2.24, 2.45) is 4.99 Å². The molecular formula is C23H32F2N6O. The van der Waals surface area contributed by atoms with Crippen LogP contribution in [0.4, 0.5) is 20.3 Å². The molecule has 0 aliphatic carbocycles. The van der Waals surface area contributed by atoms with Gasteiger partial charge in [0.05, 0.1) is 5.69 Å². The number of aliphatic imine (C=N–C) groups is 1. The highest BCUT2D eigenvalue weighted by Crippen LogP contribution is 2.31. The molecule has 1 saturated heterocycles. The summed E-state index contributed by atoms with van der Waals surface area (Å²) in [6.07, 6.45) is 4.63. The van der Waals surface area contributed by atoms with Gasteiger partial charge in [0.15, 0.2) is 5.96 Å². The number of pyridine rings is 1. The molecule has 1 aromatic heterocycles. The highest BCUT2D eigenvalue weighted by Gasteiger charge is 2.26. The minimum absolute atomic E-state index is 0.179. The number of hydrogen-bond acceptors (Lipinski definition) is 5. The predicted molar refractivity (Wildman–Crippen MR) is 125 cm³/mol. The molecule has 1 unspecified atom stereocenters. The largest absolute Gasteiger partial charge is 0.433 e. The van der Waals surface area contributed by atoms with Gasteiger partial charge in [-0.25, -0.2) is 4.98 Å². The Kier molecular flexibility index (Phi) is 9.34. The monoisotopic (exact) mass is 446 g/mol. The third kappa shape index (κ3) is 7.55. The first kappa shape index (κ1) is 23.6. The lowest BCUT2D eigenvalue weighted by molar-refractivity contribution is -0.0495. The first-order chi connectivity index (χ1) is 15.7. The number of halogens is 2. The van der Waals surface area contributed by atoms with Gasteiger partial charge in [-0.2, -0.15) is 8.78 Å². The second-order valence-electron chi connectivity index (χ2n) is 7.53. The second-order valence-corrected chi connectivity index (χ2v) is 7.53. The standard InChI is InChI=1S/C23H32F2N6O/c1-2-26-23(29-15-8-7-14-28-21-11-5-6-13-27-21)30-18-12-16-31(17-18)19-9-3-4-10-20(19)32-22(24)25/h3-6,9-11,13,18,22H,2,7-8,12,14-17H2,1H3,(H,27,28)(H2,26,29,30). The molecule has 3 rings (SSSR count). The van der Waals surface area contributed by atoms with Crippen LogP contribution in [0.15, 0.2) is 53.7 Å². The fourth-order valence-electron chi connectivity index (χ4n) is 3.64. The number of anilines is 2. The van der Waals surface area contributed by atoms with E-state index in [1.807, 2.05) is 37.3 Å². The smallest absolute Gasteiger partial charge is 0.387 e. The van der Waals surface area contributed by atoms with Crippen molar-refractivity contribution in [2.45, 2.75) is 38.8 Å². The fourth-order valence-corrected chi connectivity index (χ4v) is 3.64. The summed E-state index contributed by atoms with van der Waals surface area (Å²) in [4.78, 5) is 11.0. The van der Waals surface area contributed by atoms with Gasteiger partial charge in [-0.15, -0.1) is 0 Å². The molecule has 1 fully saturated rings. The van der Waals surface area contributed by atoms with E-state index < -0.39 is 6.61 Å². The predicted octanol–water partition coefficient (Wildman–Crippen LogP) is 3.71. The van der Waals surface area contributed by atoms with Crippen LogP contribution >= 0.6 is 0 Å². The number of guanidine groups is 1. The Labute approximate surface area is 188 Å². The molecule has 0 amide bonds. The lowest BCUT2D eigenvalue weighted by Crippen LogP contribution is -2.44. The summed E-state index contributed by atoms with van der Waals surface area (Å²) >= 11 is 0. The van der Waals surface area contributed by atoms with Gasteiger partial charge >= 0.3 is 6.61 Å². The summed E-state index contributed by atoms with van der Waals surface area (Å²) < 4.78 is 30.1. The number of hydrogen-bond donors (Lipinski definition) is 3. The summed E-state index contributed by atoms with van der Waals surface area (Å²) in [6.45, 7) is 3.01. The zero-order valence-corrected chi connectivity index (χ0v) is 18.4. The van der Waals surface area contributed by atoms with Gasteiger partial charge in [-0.3, -0.25) is 4.99 Å². The van der Waals surface area contributed by atoms with Crippen molar-refractivity contribution in [3.8, 4) is 5.75 Å². The second kappa shape index (κ2) is 12.7. The Morgan fingerprint density at radius 1 is 1.22 bits per heavy atom. The molecule has 174 valence electrons. The van der Waals surface area contributed by atoms with Gasteiger partial charge in [0.1, 0.15) is 11.6 Å². The van der Waals surface area contributed by atoms with E-state index in [9.17, 15) is 8.78 Å². The van der Waals surface area contributed by atoms with E-state index >= 15 is 0 Å². The van der Waals surface area contributed by atoms with Crippen LogP contribution < -0.4 is 25.6 Å². The van der Waals surface area contributed by atoms with Crippen LogP contribution in [0.1, 0.15) is 26.2 Å². The van der Waals surface area contributed by atoms with Gasteiger partial charge in [-0.05, 0) is 50.5 Å². The van der Waals surface area contributed by atoms with Gasteiger partial charge in [0.25, 0.3) is 0 Å². The van der Waals surface area contributed by atoms with Crippen LogP contribution in [0.2, 0.25) is 0 Å². The van der Waals surface area contributed by atoms with Crippen LogP contribution in [0.3, 0.4) is 0 Å². The molecule has 9 heteroatoms. The normalized spacial score (nSPS) is 16.3.